The van der Waals surface area contributed by atoms with Crippen LogP contribution < -0.4 is 0 Å². The van der Waals surface area contributed by atoms with Gasteiger partial charge in [-0.05, 0) is 41.1 Å². The highest BCUT2D eigenvalue weighted by molar-refractivity contribution is 7.99. The Hall–Kier alpha value is -1.40. The summed E-state index contributed by atoms with van der Waals surface area (Å²) in [6.45, 7) is 0. The first-order valence-electron chi connectivity index (χ1n) is 5.49. The average molecular weight is 281 g/mol. The lowest BCUT2D eigenvalue weighted by atomic mass is 10.2. The molecule has 0 radical (unpaired) electrons. The first kappa shape index (κ1) is 11.7. The first-order chi connectivity index (χ1) is 8.79. The summed E-state index contributed by atoms with van der Waals surface area (Å²) < 4.78 is 1.79. The van der Waals surface area contributed by atoms with E-state index in [9.17, 15) is 4.79 Å². The molecule has 0 spiro atoms. The molecule has 1 aromatic carbocycles. The van der Waals surface area contributed by atoms with Crippen molar-refractivity contribution in [2.75, 3.05) is 0 Å². The second kappa shape index (κ2) is 4.70. The summed E-state index contributed by atoms with van der Waals surface area (Å²) in [6, 6.07) is 5.62. The lowest BCUT2D eigenvalue weighted by Gasteiger charge is -2.06. The van der Waals surface area contributed by atoms with E-state index in [1.807, 2.05) is 0 Å². The van der Waals surface area contributed by atoms with Gasteiger partial charge in [0.25, 0.3) is 0 Å². The van der Waals surface area contributed by atoms with E-state index in [1.165, 1.54) is 11.8 Å². The molecular weight excluding hydrogens is 272 g/mol. The van der Waals surface area contributed by atoms with Gasteiger partial charge in [-0.2, -0.15) is 0 Å². The smallest absolute Gasteiger partial charge is 0.214 e. The van der Waals surface area contributed by atoms with Gasteiger partial charge in [-0.3, -0.25) is 4.79 Å². The maximum Gasteiger partial charge on any atom is 0.214 e. The number of nitrogens with zero attached hydrogens (tertiary/aromatic N) is 4. The molecule has 7 heteroatoms. The summed E-state index contributed by atoms with van der Waals surface area (Å²) in [4.78, 5) is 11.7. The van der Waals surface area contributed by atoms with Crippen molar-refractivity contribution in [3.63, 3.8) is 0 Å². The summed E-state index contributed by atoms with van der Waals surface area (Å²) in [5, 5.41) is 12.8. The molecule has 18 heavy (non-hydrogen) atoms. The Morgan fingerprint density at radius 1 is 1.44 bits per heavy atom. The number of carbonyl (C=O) groups excluding carboxylic acids is 1. The highest BCUT2D eigenvalue weighted by atomic mass is 35.5. The Bertz CT molecular complexity index is 596. The topological polar surface area (TPSA) is 60.7 Å². The minimum Gasteiger partial charge on any atom is -0.298 e. The zero-order chi connectivity index (χ0) is 12.5. The molecule has 0 bridgehead atoms. The zero-order valence-corrected chi connectivity index (χ0v) is 10.9. The Balaban J connectivity index is 1.96. The normalized spacial score (nSPS) is 14.7. The van der Waals surface area contributed by atoms with Gasteiger partial charge in [0, 0.05) is 10.5 Å². The summed E-state index contributed by atoms with van der Waals surface area (Å²) >= 11 is 7.45. The lowest BCUT2D eigenvalue weighted by Crippen LogP contribution is -1.99. The molecule has 0 aliphatic heterocycles. The Labute approximate surface area is 113 Å². The van der Waals surface area contributed by atoms with Crippen molar-refractivity contribution < 1.29 is 4.79 Å². The van der Waals surface area contributed by atoms with Gasteiger partial charge in [0.15, 0.2) is 6.29 Å². The van der Waals surface area contributed by atoms with Crippen molar-refractivity contribution in [2.24, 2.45) is 0 Å². The van der Waals surface area contributed by atoms with E-state index in [0.717, 1.165) is 19.1 Å². The highest BCUT2D eigenvalue weighted by Crippen LogP contribution is 2.40. The van der Waals surface area contributed by atoms with Gasteiger partial charge in [0.2, 0.25) is 5.16 Å². The van der Waals surface area contributed by atoms with Gasteiger partial charge >= 0.3 is 0 Å². The van der Waals surface area contributed by atoms with Crippen LogP contribution in [0.5, 0.6) is 0 Å². The Morgan fingerprint density at radius 3 is 3.00 bits per heavy atom. The molecule has 0 unspecified atom stereocenters. The standard InChI is InChI=1S/C11H9ClN4OS/c12-9-3-1-2-7(6-17)10(9)18-11-13-14-15-16(11)8-4-5-8/h1-3,6,8H,4-5H2. The van der Waals surface area contributed by atoms with Crippen LogP contribution in [0.15, 0.2) is 28.3 Å². The third-order valence-electron chi connectivity index (χ3n) is 2.67. The number of aldehydes is 1. The summed E-state index contributed by atoms with van der Waals surface area (Å²) in [5.41, 5.74) is 0.554. The van der Waals surface area contributed by atoms with Crippen LogP contribution in [0.3, 0.4) is 0 Å². The molecule has 1 aliphatic rings. The quantitative estimate of drug-likeness (QED) is 0.806. The van der Waals surface area contributed by atoms with Crippen molar-refractivity contribution in [1.82, 2.24) is 20.2 Å². The van der Waals surface area contributed by atoms with Crippen molar-refractivity contribution in [1.29, 1.82) is 0 Å². The number of hydrogen-bond acceptors (Lipinski definition) is 5. The van der Waals surface area contributed by atoms with Crippen LogP contribution in [-0.2, 0) is 0 Å². The molecule has 92 valence electrons. The van der Waals surface area contributed by atoms with E-state index in [4.69, 9.17) is 11.6 Å². The maximum absolute atomic E-state index is 11.0. The molecule has 1 aliphatic carbocycles. The van der Waals surface area contributed by atoms with E-state index in [2.05, 4.69) is 15.5 Å². The predicted octanol–water partition coefficient (Wildman–Crippen LogP) is 2.63. The van der Waals surface area contributed by atoms with Crippen LogP contribution in [0.25, 0.3) is 0 Å². The number of rotatable bonds is 4. The number of benzene rings is 1. The molecule has 0 atom stereocenters. The van der Waals surface area contributed by atoms with E-state index < -0.39 is 0 Å². The summed E-state index contributed by atoms with van der Waals surface area (Å²) in [6.07, 6.45) is 2.99. The molecule has 0 amide bonds. The van der Waals surface area contributed by atoms with Gasteiger partial charge in [0.05, 0.1) is 11.1 Å². The molecule has 2 aromatic rings. The van der Waals surface area contributed by atoms with Gasteiger partial charge in [0.1, 0.15) is 0 Å². The van der Waals surface area contributed by atoms with Crippen LogP contribution in [0, 0.1) is 0 Å². The summed E-state index contributed by atoms with van der Waals surface area (Å²) in [7, 11) is 0. The van der Waals surface area contributed by atoms with Crippen LogP contribution in [-0.4, -0.2) is 26.5 Å². The van der Waals surface area contributed by atoms with Gasteiger partial charge in [-0.25, -0.2) is 4.68 Å². The maximum atomic E-state index is 11.0. The summed E-state index contributed by atoms with van der Waals surface area (Å²) in [5.74, 6) is 0. The van der Waals surface area contributed by atoms with Gasteiger partial charge in [-0.15, -0.1) is 5.10 Å². The SMILES string of the molecule is O=Cc1cccc(Cl)c1Sc1nnnn1C1CC1. The molecule has 1 saturated carbocycles. The van der Waals surface area contributed by atoms with E-state index in [-0.39, 0.29) is 0 Å². The largest absolute Gasteiger partial charge is 0.298 e. The monoisotopic (exact) mass is 280 g/mol. The predicted molar refractivity (Wildman–Crippen MR) is 67.1 cm³/mol. The average Bonchev–Trinajstić information content (AvgIpc) is 3.12. The Morgan fingerprint density at radius 2 is 2.28 bits per heavy atom. The number of halogens is 1. The van der Waals surface area contributed by atoms with Crippen molar-refractivity contribution >= 4 is 29.6 Å². The minimum absolute atomic E-state index is 0.393. The fourth-order valence-corrected chi connectivity index (χ4v) is 2.85. The minimum atomic E-state index is 0.393. The van der Waals surface area contributed by atoms with E-state index in [1.54, 1.807) is 22.9 Å². The highest BCUT2D eigenvalue weighted by Gasteiger charge is 2.28. The number of aromatic nitrogens is 4. The fraction of sp³-hybridized carbons (Fsp3) is 0.273. The van der Waals surface area contributed by atoms with Crippen LogP contribution >= 0.6 is 23.4 Å². The second-order valence-electron chi connectivity index (χ2n) is 4.02. The van der Waals surface area contributed by atoms with Crippen molar-refractivity contribution in [2.45, 2.75) is 28.9 Å². The van der Waals surface area contributed by atoms with Crippen molar-refractivity contribution in [3.05, 3.63) is 28.8 Å². The number of carbonyl (C=O) groups is 1. The van der Waals surface area contributed by atoms with Crippen LogP contribution in [0.2, 0.25) is 5.02 Å². The van der Waals surface area contributed by atoms with Gasteiger partial charge < -0.3 is 0 Å². The van der Waals surface area contributed by atoms with Crippen LogP contribution in [0.1, 0.15) is 29.2 Å². The molecular formula is C11H9ClN4OS. The van der Waals surface area contributed by atoms with E-state index >= 15 is 0 Å². The van der Waals surface area contributed by atoms with Crippen LogP contribution in [0.4, 0.5) is 0 Å². The first-order valence-corrected chi connectivity index (χ1v) is 6.68. The molecule has 3 rings (SSSR count). The number of tetrazole rings is 1. The third-order valence-corrected chi connectivity index (χ3v) is 4.21. The molecule has 0 N–H and O–H groups in total. The van der Waals surface area contributed by atoms with Gasteiger partial charge in [-0.1, -0.05) is 23.7 Å². The molecule has 0 saturated heterocycles. The third kappa shape index (κ3) is 2.13. The van der Waals surface area contributed by atoms with Crippen molar-refractivity contribution in [3.8, 4) is 0 Å². The molecule has 1 aromatic heterocycles. The van der Waals surface area contributed by atoms with E-state index in [0.29, 0.717) is 26.7 Å². The zero-order valence-electron chi connectivity index (χ0n) is 9.28. The number of hydrogen-bond donors (Lipinski definition) is 0. The fourth-order valence-electron chi connectivity index (χ4n) is 1.62. The lowest BCUT2D eigenvalue weighted by molar-refractivity contribution is 0.112. The molecule has 5 nitrogen and oxygen atoms in total. The molecule has 1 fully saturated rings. The second-order valence-corrected chi connectivity index (χ2v) is 5.40. The Kier molecular flexibility index (Phi) is 3.05. The molecule has 1 heterocycles.